The van der Waals surface area contributed by atoms with Crippen molar-refractivity contribution in [3.8, 4) is 11.1 Å². The number of nitrogens with one attached hydrogen (secondary N) is 1. The van der Waals surface area contributed by atoms with Gasteiger partial charge in [0.1, 0.15) is 5.82 Å². The molecule has 3 heterocycles. The number of aliphatic hydroxyl groups is 1. The molecule has 2 aromatic rings. The quantitative estimate of drug-likeness (QED) is 0.636. The Morgan fingerprint density at radius 3 is 2.42 bits per heavy atom. The van der Waals surface area contributed by atoms with Crippen LogP contribution in [0.15, 0.2) is 36.4 Å². The van der Waals surface area contributed by atoms with Gasteiger partial charge >= 0.3 is 0 Å². The smallest absolute Gasteiger partial charge is 0.244 e. The Morgan fingerprint density at radius 1 is 1.03 bits per heavy atom. The Balaban J connectivity index is 1.41. The molecule has 0 saturated carbocycles. The van der Waals surface area contributed by atoms with Gasteiger partial charge < -0.3 is 5.11 Å². The molecule has 2 aromatic carbocycles. The van der Waals surface area contributed by atoms with Gasteiger partial charge in [0.15, 0.2) is 5.50 Å². The Kier molecular flexibility index (Phi) is 7.24. The van der Waals surface area contributed by atoms with E-state index in [1.807, 2.05) is 24.9 Å². The van der Waals surface area contributed by atoms with Gasteiger partial charge in [0.25, 0.3) is 0 Å². The van der Waals surface area contributed by atoms with Crippen molar-refractivity contribution < 1.29 is 17.9 Å². The maximum absolute atomic E-state index is 14.0. The summed E-state index contributed by atoms with van der Waals surface area (Å²) in [6.07, 6.45) is 1.72. The fourth-order valence-electron chi connectivity index (χ4n) is 6.24. The van der Waals surface area contributed by atoms with Gasteiger partial charge in [-0.25, -0.2) is 12.8 Å². The number of likely N-dealkylation sites (N-methyl/N-ethyl adjacent to an activating group) is 1. The van der Waals surface area contributed by atoms with Crippen molar-refractivity contribution in [2.24, 2.45) is 0 Å². The van der Waals surface area contributed by atoms with Gasteiger partial charge in [0.05, 0.1) is 6.61 Å². The van der Waals surface area contributed by atoms with Crippen LogP contribution in [-0.4, -0.2) is 91.6 Å². The lowest BCUT2D eigenvalue weighted by molar-refractivity contribution is -0.0555. The average Bonchev–Trinajstić information content (AvgIpc) is 3.29. The molecular formula is C27H37FN4O3S. The van der Waals surface area contributed by atoms with E-state index >= 15 is 0 Å². The van der Waals surface area contributed by atoms with E-state index in [4.69, 9.17) is 0 Å². The standard InChI is InChI=1S/C27H37FN4O3S/c1-18-19(2)23(28)11-10-22(18)20-6-8-21(9-7-20)26-24-16-31(13-4-5-14-32(24)25(26)17-33)36(34,35)27-29-12-15-30(27)3/h6-11,24-27,29,33H,4-5,12-17H2,1-3H3/t24-,25?,26-,27?/m0/s1. The predicted molar refractivity (Wildman–Crippen MR) is 140 cm³/mol. The summed E-state index contributed by atoms with van der Waals surface area (Å²) < 4.78 is 42.7. The van der Waals surface area contributed by atoms with E-state index in [0.29, 0.717) is 31.7 Å². The van der Waals surface area contributed by atoms with Gasteiger partial charge in [-0.2, -0.15) is 4.31 Å². The van der Waals surface area contributed by atoms with Crippen molar-refractivity contribution in [3.05, 3.63) is 58.9 Å². The molecule has 5 rings (SSSR count). The summed E-state index contributed by atoms with van der Waals surface area (Å²) in [5.74, 6) is -0.152. The van der Waals surface area contributed by atoms with Crippen molar-refractivity contribution in [2.45, 2.75) is 50.2 Å². The van der Waals surface area contributed by atoms with Crippen LogP contribution in [-0.2, 0) is 10.0 Å². The summed E-state index contributed by atoms with van der Waals surface area (Å²) in [5.41, 5.74) is 4.03. The van der Waals surface area contributed by atoms with Gasteiger partial charge in [-0.1, -0.05) is 30.3 Å². The SMILES string of the molecule is Cc1c(F)ccc(-c2ccc([C@@H]3C(CO)N4CCCCN(S(=O)(=O)C5NCCN5C)C[C@@H]34)cc2)c1C. The third kappa shape index (κ3) is 4.40. The van der Waals surface area contributed by atoms with Gasteiger partial charge in [-0.15, -0.1) is 0 Å². The van der Waals surface area contributed by atoms with Gasteiger partial charge in [-0.3, -0.25) is 15.1 Å². The topological polar surface area (TPSA) is 76.1 Å². The zero-order valence-corrected chi connectivity index (χ0v) is 22.1. The summed E-state index contributed by atoms with van der Waals surface area (Å²) in [6.45, 7) is 6.97. The summed E-state index contributed by atoms with van der Waals surface area (Å²) in [4.78, 5) is 4.15. The van der Waals surface area contributed by atoms with Crippen LogP contribution in [0, 0.1) is 19.7 Å². The highest BCUT2D eigenvalue weighted by molar-refractivity contribution is 7.89. The molecule has 4 atom stereocenters. The van der Waals surface area contributed by atoms with Crippen molar-refractivity contribution in [1.29, 1.82) is 0 Å². The fraction of sp³-hybridized carbons (Fsp3) is 0.556. The Bertz CT molecular complexity index is 1210. The van der Waals surface area contributed by atoms with Gasteiger partial charge in [0.2, 0.25) is 10.0 Å². The first-order valence-electron chi connectivity index (χ1n) is 12.9. The highest BCUT2D eigenvalue weighted by atomic mass is 32.2. The first-order chi connectivity index (χ1) is 17.2. The second kappa shape index (κ2) is 10.1. The molecule has 9 heteroatoms. The minimum Gasteiger partial charge on any atom is -0.395 e. The monoisotopic (exact) mass is 516 g/mol. The number of benzene rings is 2. The molecule has 0 aliphatic carbocycles. The summed E-state index contributed by atoms with van der Waals surface area (Å²) in [7, 11) is -1.68. The number of rotatable bonds is 5. The number of sulfonamides is 1. The lowest BCUT2D eigenvalue weighted by Crippen LogP contribution is -2.68. The maximum atomic E-state index is 14.0. The van der Waals surface area contributed by atoms with Crippen LogP contribution in [0.4, 0.5) is 4.39 Å². The molecule has 196 valence electrons. The van der Waals surface area contributed by atoms with E-state index in [2.05, 4.69) is 34.5 Å². The summed E-state index contributed by atoms with van der Waals surface area (Å²) >= 11 is 0. The van der Waals surface area contributed by atoms with Crippen LogP contribution >= 0.6 is 0 Å². The van der Waals surface area contributed by atoms with E-state index in [-0.39, 0.29) is 30.4 Å². The first kappa shape index (κ1) is 25.8. The van der Waals surface area contributed by atoms with Crippen LogP contribution in [0.2, 0.25) is 0 Å². The molecule has 2 unspecified atom stereocenters. The molecule has 0 spiro atoms. The Hall–Kier alpha value is -1.88. The van der Waals surface area contributed by atoms with Crippen LogP contribution in [0.3, 0.4) is 0 Å². The molecule has 0 aromatic heterocycles. The molecule has 3 aliphatic rings. The molecule has 3 saturated heterocycles. The van der Waals surface area contributed by atoms with Crippen molar-refractivity contribution in [2.75, 3.05) is 46.4 Å². The number of hydrogen-bond acceptors (Lipinski definition) is 6. The lowest BCUT2D eigenvalue weighted by atomic mass is 9.74. The summed E-state index contributed by atoms with van der Waals surface area (Å²) in [6, 6.07) is 11.6. The Morgan fingerprint density at radius 2 is 1.75 bits per heavy atom. The van der Waals surface area contributed by atoms with E-state index < -0.39 is 15.5 Å². The molecule has 3 fully saturated rings. The maximum Gasteiger partial charge on any atom is 0.244 e. The molecule has 0 amide bonds. The van der Waals surface area contributed by atoms with E-state index in [0.717, 1.165) is 41.6 Å². The predicted octanol–water partition coefficient (Wildman–Crippen LogP) is 2.48. The van der Waals surface area contributed by atoms with Crippen LogP contribution < -0.4 is 5.32 Å². The normalized spacial score (nSPS) is 28.4. The highest BCUT2D eigenvalue weighted by Crippen LogP contribution is 2.43. The molecule has 0 radical (unpaired) electrons. The van der Waals surface area contributed by atoms with Crippen LogP contribution in [0.25, 0.3) is 11.1 Å². The zero-order chi connectivity index (χ0) is 25.6. The lowest BCUT2D eigenvalue weighted by Gasteiger charge is -2.57. The second-order valence-electron chi connectivity index (χ2n) is 10.4. The van der Waals surface area contributed by atoms with E-state index in [9.17, 15) is 17.9 Å². The van der Waals surface area contributed by atoms with E-state index in [1.165, 1.54) is 6.07 Å². The van der Waals surface area contributed by atoms with E-state index in [1.54, 1.807) is 11.2 Å². The summed E-state index contributed by atoms with van der Waals surface area (Å²) in [5, 5.41) is 13.4. The molecule has 7 nitrogen and oxygen atoms in total. The van der Waals surface area contributed by atoms with Gasteiger partial charge in [0, 0.05) is 44.2 Å². The largest absolute Gasteiger partial charge is 0.395 e. The number of aliphatic hydroxyl groups excluding tert-OH is 1. The van der Waals surface area contributed by atoms with Gasteiger partial charge in [-0.05, 0) is 74.2 Å². The molecule has 2 N–H and O–H groups in total. The molecule has 36 heavy (non-hydrogen) atoms. The minimum atomic E-state index is -3.53. The Labute approximate surface area is 213 Å². The number of fused-ring (bicyclic) bond motifs is 1. The minimum absolute atomic E-state index is 0.0181. The van der Waals surface area contributed by atoms with Crippen LogP contribution in [0.1, 0.15) is 35.4 Å². The fourth-order valence-corrected chi connectivity index (χ4v) is 8.15. The zero-order valence-electron chi connectivity index (χ0n) is 21.3. The van der Waals surface area contributed by atoms with Crippen molar-refractivity contribution >= 4 is 10.0 Å². The third-order valence-corrected chi connectivity index (χ3v) is 10.6. The van der Waals surface area contributed by atoms with Crippen LogP contribution in [0.5, 0.6) is 0 Å². The van der Waals surface area contributed by atoms with Crippen molar-refractivity contribution in [3.63, 3.8) is 0 Å². The molecule has 0 bridgehead atoms. The van der Waals surface area contributed by atoms with Crippen molar-refractivity contribution in [1.82, 2.24) is 19.4 Å². The number of nitrogens with zero attached hydrogens (tertiary/aromatic N) is 3. The number of halogens is 1. The first-order valence-corrected chi connectivity index (χ1v) is 14.4. The molecular weight excluding hydrogens is 479 g/mol. The second-order valence-corrected chi connectivity index (χ2v) is 12.4. The number of hydrogen-bond donors (Lipinski definition) is 2. The highest BCUT2D eigenvalue weighted by Gasteiger charge is 2.51. The molecule has 3 aliphatic heterocycles. The average molecular weight is 517 g/mol. The third-order valence-electron chi connectivity index (χ3n) is 8.49.